The summed E-state index contributed by atoms with van der Waals surface area (Å²) in [5.41, 5.74) is 2.01. The molecule has 0 aromatic heterocycles. The Morgan fingerprint density at radius 3 is 2.57 bits per heavy atom. The smallest absolute Gasteiger partial charge is 0.269 e. The van der Waals surface area contributed by atoms with Gasteiger partial charge in [0.1, 0.15) is 12.4 Å². The third-order valence-electron chi connectivity index (χ3n) is 2.92. The number of nitro benzene ring substituents is 1. The van der Waals surface area contributed by atoms with Crippen LogP contribution in [0.3, 0.4) is 0 Å². The van der Waals surface area contributed by atoms with Gasteiger partial charge in [0.15, 0.2) is 0 Å². The molecule has 2 rings (SSSR count). The lowest BCUT2D eigenvalue weighted by Gasteiger charge is -2.09. The Labute approximate surface area is 127 Å². The van der Waals surface area contributed by atoms with E-state index in [1.165, 1.54) is 12.1 Å². The van der Waals surface area contributed by atoms with Crippen molar-refractivity contribution in [1.29, 1.82) is 0 Å². The molecule has 0 unspecified atom stereocenters. The second-order valence-electron chi connectivity index (χ2n) is 4.49. The number of non-ortho nitro benzene ring substituents is 1. The molecule has 6 heteroatoms. The zero-order chi connectivity index (χ0) is 15.2. The van der Waals surface area contributed by atoms with Crippen LogP contribution in [0.15, 0.2) is 42.5 Å². The van der Waals surface area contributed by atoms with Crippen molar-refractivity contribution in [2.24, 2.45) is 0 Å². The van der Waals surface area contributed by atoms with Crippen molar-refractivity contribution >= 4 is 23.0 Å². The molecule has 0 spiro atoms. The number of ether oxygens (including phenoxy) is 1. The number of nitrogens with one attached hydrogen (secondary N) is 1. The minimum absolute atomic E-state index is 0.0507. The third kappa shape index (κ3) is 4.36. The molecule has 2 aromatic rings. The fraction of sp³-hybridized carbons (Fsp3) is 0.200. The first-order valence-corrected chi connectivity index (χ1v) is 6.81. The van der Waals surface area contributed by atoms with Crippen molar-refractivity contribution in [2.45, 2.75) is 6.92 Å². The highest BCUT2D eigenvalue weighted by Crippen LogP contribution is 2.20. The van der Waals surface area contributed by atoms with Gasteiger partial charge in [0.25, 0.3) is 5.69 Å². The minimum Gasteiger partial charge on any atom is -0.492 e. The summed E-state index contributed by atoms with van der Waals surface area (Å²) in [7, 11) is 0. The molecule has 21 heavy (non-hydrogen) atoms. The zero-order valence-corrected chi connectivity index (χ0v) is 12.3. The fourth-order valence-corrected chi connectivity index (χ4v) is 1.91. The number of nitrogens with zero attached hydrogens (tertiary/aromatic N) is 1. The van der Waals surface area contributed by atoms with E-state index in [-0.39, 0.29) is 5.69 Å². The van der Waals surface area contributed by atoms with Gasteiger partial charge in [-0.2, -0.15) is 0 Å². The van der Waals surface area contributed by atoms with E-state index in [2.05, 4.69) is 5.32 Å². The van der Waals surface area contributed by atoms with Crippen LogP contribution in [0, 0.1) is 17.0 Å². The lowest BCUT2D eigenvalue weighted by Crippen LogP contribution is -2.11. The number of aryl methyl sites for hydroxylation is 1. The number of anilines is 1. The molecule has 0 heterocycles. The molecule has 0 fully saturated rings. The molecular weight excluding hydrogens is 292 g/mol. The number of hydrogen-bond donors (Lipinski definition) is 1. The Hall–Kier alpha value is -2.27. The van der Waals surface area contributed by atoms with Crippen LogP contribution >= 0.6 is 11.6 Å². The van der Waals surface area contributed by atoms with Gasteiger partial charge in [0, 0.05) is 29.4 Å². The van der Waals surface area contributed by atoms with E-state index in [0.717, 1.165) is 16.3 Å². The number of rotatable bonds is 6. The van der Waals surface area contributed by atoms with Crippen LogP contribution in [0.4, 0.5) is 11.4 Å². The van der Waals surface area contributed by atoms with Gasteiger partial charge in [0.05, 0.1) is 4.92 Å². The van der Waals surface area contributed by atoms with Gasteiger partial charge >= 0.3 is 0 Å². The van der Waals surface area contributed by atoms with E-state index in [4.69, 9.17) is 16.3 Å². The molecule has 0 saturated heterocycles. The molecule has 5 nitrogen and oxygen atoms in total. The van der Waals surface area contributed by atoms with Crippen LogP contribution in [0.25, 0.3) is 0 Å². The maximum atomic E-state index is 10.5. The summed E-state index contributed by atoms with van der Waals surface area (Å²) in [6.07, 6.45) is 0. The first-order valence-electron chi connectivity index (χ1n) is 6.43. The van der Waals surface area contributed by atoms with Crippen molar-refractivity contribution in [3.8, 4) is 5.75 Å². The quantitative estimate of drug-likeness (QED) is 0.497. The van der Waals surface area contributed by atoms with Crippen molar-refractivity contribution in [2.75, 3.05) is 18.5 Å². The molecule has 0 aliphatic rings. The molecule has 0 aliphatic carbocycles. The monoisotopic (exact) mass is 306 g/mol. The van der Waals surface area contributed by atoms with Gasteiger partial charge in [-0.1, -0.05) is 17.7 Å². The second kappa shape index (κ2) is 6.95. The topological polar surface area (TPSA) is 64.4 Å². The predicted molar refractivity (Wildman–Crippen MR) is 83.3 cm³/mol. The van der Waals surface area contributed by atoms with Gasteiger partial charge in [0.2, 0.25) is 0 Å². The van der Waals surface area contributed by atoms with E-state index in [1.54, 1.807) is 12.1 Å². The molecular formula is C15H15ClN2O3. The first-order chi connectivity index (χ1) is 10.1. The Balaban J connectivity index is 1.79. The lowest BCUT2D eigenvalue weighted by atomic mass is 10.2. The van der Waals surface area contributed by atoms with Crippen LogP contribution in [-0.4, -0.2) is 18.1 Å². The summed E-state index contributed by atoms with van der Waals surface area (Å²) in [4.78, 5) is 10.1. The van der Waals surface area contributed by atoms with Gasteiger partial charge in [-0.3, -0.25) is 10.1 Å². The number of halogens is 1. The Kier molecular flexibility index (Phi) is 5.00. The molecule has 0 aliphatic heterocycles. The first kappa shape index (κ1) is 15.1. The summed E-state index contributed by atoms with van der Waals surface area (Å²) in [6, 6.07) is 11.8. The van der Waals surface area contributed by atoms with Crippen molar-refractivity contribution in [1.82, 2.24) is 0 Å². The third-order valence-corrected chi connectivity index (χ3v) is 3.33. The average Bonchev–Trinajstić information content (AvgIpc) is 2.47. The maximum absolute atomic E-state index is 10.5. The summed E-state index contributed by atoms with van der Waals surface area (Å²) in [6.45, 7) is 3.00. The lowest BCUT2D eigenvalue weighted by molar-refractivity contribution is -0.384. The summed E-state index contributed by atoms with van der Waals surface area (Å²) >= 11 is 6.04. The summed E-state index contributed by atoms with van der Waals surface area (Å²) in [5.74, 6) is 0.601. The molecule has 0 bridgehead atoms. The number of nitro groups is 1. The van der Waals surface area contributed by atoms with Crippen LogP contribution in [0.1, 0.15) is 5.56 Å². The molecule has 0 radical (unpaired) electrons. The van der Waals surface area contributed by atoms with Crippen LogP contribution < -0.4 is 10.1 Å². The van der Waals surface area contributed by atoms with Crippen LogP contribution in [0.2, 0.25) is 5.02 Å². The van der Waals surface area contributed by atoms with E-state index in [0.29, 0.717) is 18.9 Å². The number of benzene rings is 2. The Bertz CT molecular complexity index is 629. The van der Waals surface area contributed by atoms with Gasteiger partial charge in [-0.05, 0) is 36.8 Å². The second-order valence-corrected chi connectivity index (χ2v) is 4.90. The minimum atomic E-state index is -0.438. The normalized spacial score (nSPS) is 10.2. The fourth-order valence-electron chi connectivity index (χ4n) is 1.73. The molecule has 110 valence electrons. The summed E-state index contributed by atoms with van der Waals surface area (Å²) in [5, 5.41) is 14.4. The molecule has 0 atom stereocenters. The highest BCUT2D eigenvalue weighted by atomic mass is 35.5. The predicted octanol–water partition coefficient (Wildman–Crippen LogP) is 4.05. The average molecular weight is 307 g/mol. The van der Waals surface area contributed by atoms with E-state index in [9.17, 15) is 10.1 Å². The van der Waals surface area contributed by atoms with Crippen LogP contribution in [0.5, 0.6) is 5.75 Å². The number of hydrogen-bond acceptors (Lipinski definition) is 4. The Morgan fingerprint density at radius 2 is 1.95 bits per heavy atom. The zero-order valence-electron chi connectivity index (χ0n) is 11.5. The maximum Gasteiger partial charge on any atom is 0.269 e. The van der Waals surface area contributed by atoms with Gasteiger partial charge in [-0.15, -0.1) is 0 Å². The van der Waals surface area contributed by atoms with Crippen molar-refractivity contribution in [3.63, 3.8) is 0 Å². The van der Waals surface area contributed by atoms with Crippen molar-refractivity contribution in [3.05, 3.63) is 63.2 Å². The van der Waals surface area contributed by atoms with E-state index in [1.807, 2.05) is 25.1 Å². The highest BCUT2D eigenvalue weighted by molar-refractivity contribution is 6.31. The SMILES string of the molecule is Cc1ccc(NCCOc2ccc([N+](=O)[O-])cc2)cc1Cl. The molecule has 0 amide bonds. The van der Waals surface area contributed by atoms with Crippen molar-refractivity contribution < 1.29 is 9.66 Å². The van der Waals surface area contributed by atoms with E-state index >= 15 is 0 Å². The molecule has 1 N–H and O–H groups in total. The Morgan fingerprint density at radius 1 is 1.24 bits per heavy atom. The summed E-state index contributed by atoms with van der Waals surface area (Å²) < 4.78 is 5.50. The highest BCUT2D eigenvalue weighted by Gasteiger charge is 2.04. The van der Waals surface area contributed by atoms with Gasteiger partial charge < -0.3 is 10.1 Å². The molecule has 0 saturated carbocycles. The molecule has 2 aromatic carbocycles. The standard InChI is InChI=1S/C15H15ClN2O3/c1-11-2-3-12(10-15(11)16)17-8-9-21-14-6-4-13(5-7-14)18(19)20/h2-7,10,17H,8-9H2,1H3. The van der Waals surface area contributed by atoms with Crippen LogP contribution in [-0.2, 0) is 0 Å². The largest absolute Gasteiger partial charge is 0.492 e. The van der Waals surface area contributed by atoms with Gasteiger partial charge in [-0.25, -0.2) is 0 Å². The van der Waals surface area contributed by atoms with E-state index < -0.39 is 4.92 Å².